The van der Waals surface area contributed by atoms with Crippen molar-refractivity contribution in [2.75, 3.05) is 11.4 Å². The second-order valence-electron chi connectivity index (χ2n) is 7.32. The van der Waals surface area contributed by atoms with Gasteiger partial charge in [-0.15, -0.1) is 16.2 Å². The molecule has 29 heavy (non-hydrogen) atoms. The standard InChI is InChI=1S/C20H23N3O4S2/c24-19-7-4-12-23(19)15-8-10-16(11-9-15)29(26,27)22-21-20(25)18-13-14-5-2-1-3-6-17(14)28-18/h8-11,13,22H,1-7,12H2,(H,21,25). The molecule has 9 heteroatoms. The molecule has 0 bridgehead atoms. The molecule has 1 aromatic carbocycles. The smallest absolute Gasteiger partial charge is 0.276 e. The normalized spacial score (nSPS) is 17.1. The SMILES string of the molecule is O=C(NNS(=O)(=O)c1ccc(N2CCCC2=O)cc1)c1cc2c(s1)CCCCC2. The number of anilines is 1. The van der Waals surface area contributed by atoms with Crippen molar-refractivity contribution in [2.24, 2.45) is 0 Å². The number of hydrogen-bond acceptors (Lipinski definition) is 5. The molecule has 1 aromatic heterocycles. The van der Waals surface area contributed by atoms with Crippen LogP contribution >= 0.6 is 11.3 Å². The summed E-state index contributed by atoms with van der Waals surface area (Å²) in [4.78, 5) is 29.8. The average molecular weight is 434 g/mol. The number of thiophene rings is 1. The van der Waals surface area contributed by atoms with Gasteiger partial charge in [-0.1, -0.05) is 6.42 Å². The third-order valence-electron chi connectivity index (χ3n) is 5.30. The first kappa shape index (κ1) is 20.1. The van der Waals surface area contributed by atoms with Crippen molar-refractivity contribution in [3.05, 3.63) is 45.6 Å². The van der Waals surface area contributed by atoms with Gasteiger partial charge in [-0.25, -0.2) is 8.42 Å². The van der Waals surface area contributed by atoms with Crippen molar-refractivity contribution >= 4 is 38.9 Å². The van der Waals surface area contributed by atoms with Crippen LogP contribution in [0.15, 0.2) is 35.2 Å². The van der Waals surface area contributed by atoms with Crippen molar-refractivity contribution in [1.29, 1.82) is 0 Å². The molecule has 2 aromatic rings. The summed E-state index contributed by atoms with van der Waals surface area (Å²) in [6.07, 6.45) is 6.71. The molecule has 0 spiro atoms. The van der Waals surface area contributed by atoms with Crippen molar-refractivity contribution in [3.8, 4) is 0 Å². The fourth-order valence-corrected chi connectivity index (χ4v) is 5.73. The maximum absolute atomic E-state index is 12.5. The topological polar surface area (TPSA) is 95.6 Å². The minimum atomic E-state index is -3.91. The molecule has 2 N–H and O–H groups in total. The first-order valence-corrected chi connectivity index (χ1v) is 12.1. The largest absolute Gasteiger partial charge is 0.312 e. The zero-order valence-electron chi connectivity index (χ0n) is 15.9. The van der Waals surface area contributed by atoms with Crippen molar-refractivity contribution in [3.63, 3.8) is 0 Å². The van der Waals surface area contributed by atoms with E-state index in [2.05, 4.69) is 10.3 Å². The molecule has 1 aliphatic heterocycles. The predicted octanol–water partition coefficient (Wildman–Crippen LogP) is 2.77. The summed E-state index contributed by atoms with van der Waals surface area (Å²) < 4.78 is 25.0. The van der Waals surface area contributed by atoms with Crippen LogP contribution < -0.4 is 15.2 Å². The van der Waals surface area contributed by atoms with Crippen LogP contribution in [-0.2, 0) is 27.7 Å². The van der Waals surface area contributed by atoms with E-state index in [-0.39, 0.29) is 10.8 Å². The van der Waals surface area contributed by atoms with E-state index in [1.165, 1.54) is 40.3 Å². The minimum Gasteiger partial charge on any atom is -0.312 e. The third-order valence-corrected chi connectivity index (χ3v) is 7.80. The molecule has 1 saturated heterocycles. The molecular formula is C20H23N3O4S2. The van der Waals surface area contributed by atoms with E-state index in [0.29, 0.717) is 23.5 Å². The second-order valence-corrected chi connectivity index (χ2v) is 10.1. The fourth-order valence-electron chi connectivity index (χ4n) is 3.74. The van der Waals surface area contributed by atoms with Gasteiger partial charge >= 0.3 is 0 Å². The van der Waals surface area contributed by atoms with Crippen molar-refractivity contribution in [1.82, 2.24) is 10.3 Å². The van der Waals surface area contributed by atoms with E-state index >= 15 is 0 Å². The highest BCUT2D eigenvalue weighted by molar-refractivity contribution is 7.89. The van der Waals surface area contributed by atoms with E-state index in [9.17, 15) is 18.0 Å². The number of carbonyl (C=O) groups is 2. The van der Waals surface area contributed by atoms with Gasteiger partial charge in [-0.05, 0) is 68.0 Å². The maximum atomic E-state index is 12.5. The Morgan fingerprint density at radius 2 is 1.76 bits per heavy atom. The van der Waals surface area contributed by atoms with E-state index in [0.717, 1.165) is 32.1 Å². The Kier molecular flexibility index (Phi) is 5.71. The molecule has 0 radical (unpaired) electrons. The Morgan fingerprint density at radius 1 is 1.00 bits per heavy atom. The van der Waals surface area contributed by atoms with Crippen LogP contribution in [0.2, 0.25) is 0 Å². The molecule has 1 aliphatic carbocycles. The van der Waals surface area contributed by atoms with Gasteiger partial charge in [0.2, 0.25) is 5.91 Å². The summed E-state index contributed by atoms with van der Waals surface area (Å²) in [5.74, 6) is -0.411. The monoisotopic (exact) mass is 433 g/mol. The molecule has 2 amide bonds. The highest BCUT2D eigenvalue weighted by Gasteiger charge is 2.23. The van der Waals surface area contributed by atoms with Crippen molar-refractivity contribution in [2.45, 2.75) is 49.8 Å². The highest BCUT2D eigenvalue weighted by atomic mass is 32.2. The Hall–Kier alpha value is -2.23. The molecular weight excluding hydrogens is 410 g/mol. The van der Waals surface area contributed by atoms with Crippen LogP contribution in [-0.4, -0.2) is 26.8 Å². The summed E-state index contributed by atoms with van der Waals surface area (Å²) in [5, 5.41) is 0. The summed E-state index contributed by atoms with van der Waals surface area (Å²) in [6, 6.07) is 7.95. The number of nitrogens with zero attached hydrogens (tertiary/aromatic N) is 1. The second kappa shape index (κ2) is 8.25. The van der Waals surface area contributed by atoms with Crippen LogP contribution in [0.4, 0.5) is 5.69 Å². The first-order chi connectivity index (χ1) is 13.9. The van der Waals surface area contributed by atoms with E-state index in [1.807, 2.05) is 6.07 Å². The number of hydrogen-bond donors (Lipinski definition) is 2. The summed E-state index contributed by atoms with van der Waals surface area (Å²) >= 11 is 1.44. The fraction of sp³-hybridized carbons (Fsp3) is 0.400. The Bertz CT molecular complexity index is 1000. The number of amides is 2. The molecule has 0 atom stereocenters. The van der Waals surface area contributed by atoms with E-state index in [1.54, 1.807) is 17.0 Å². The number of fused-ring (bicyclic) bond motifs is 1. The van der Waals surface area contributed by atoms with Gasteiger partial charge in [-0.3, -0.25) is 15.0 Å². The quantitative estimate of drug-likeness (QED) is 0.560. The number of carbonyl (C=O) groups excluding carboxylic acids is 2. The molecule has 4 rings (SSSR count). The predicted molar refractivity (Wildman–Crippen MR) is 111 cm³/mol. The molecule has 0 saturated carbocycles. The van der Waals surface area contributed by atoms with Gasteiger partial charge in [-0.2, -0.15) is 0 Å². The van der Waals surface area contributed by atoms with Gasteiger partial charge in [0.25, 0.3) is 15.9 Å². The lowest BCUT2D eigenvalue weighted by Gasteiger charge is -2.16. The zero-order chi connectivity index (χ0) is 20.4. The lowest BCUT2D eigenvalue weighted by molar-refractivity contribution is -0.117. The lowest BCUT2D eigenvalue weighted by Crippen LogP contribution is -2.41. The van der Waals surface area contributed by atoms with E-state index < -0.39 is 15.9 Å². The maximum Gasteiger partial charge on any atom is 0.276 e. The van der Waals surface area contributed by atoms with Gasteiger partial charge in [0.1, 0.15) is 0 Å². The Balaban J connectivity index is 1.41. The molecule has 2 heterocycles. The third kappa shape index (κ3) is 4.36. The van der Waals surface area contributed by atoms with Gasteiger partial charge in [0.15, 0.2) is 0 Å². The number of aryl methyl sites for hydroxylation is 2. The number of sulfonamides is 1. The van der Waals surface area contributed by atoms with Crippen LogP contribution in [0.3, 0.4) is 0 Å². The molecule has 7 nitrogen and oxygen atoms in total. The van der Waals surface area contributed by atoms with Crippen LogP contribution in [0, 0.1) is 0 Å². The number of benzene rings is 1. The van der Waals surface area contributed by atoms with Crippen LogP contribution in [0.25, 0.3) is 0 Å². The number of hydrazine groups is 1. The van der Waals surface area contributed by atoms with Crippen LogP contribution in [0.1, 0.15) is 52.2 Å². The Labute approximate surface area is 174 Å². The summed E-state index contributed by atoms with van der Waals surface area (Å²) in [7, 11) is -3.91. The molecule has 154 valence electrons. The summed E-state index contributed by atoms with van der Waals surface area (Å²) in [6.45, 7) is 0.643. The molecule has 0 unspecified atom stereocenters. The number of rotatable bonds is 5. The first-order valence-electron chi connectivity index (χ1n) is 9.78. The van der Waals surface area contributed by atoms with Crippen molar-refractivity contribution < 1.29 is 18.0 Å². The van der Waals surface area contributed by atoms with Gasteiger partial charge < -0.3 is 4.90 Å². The average Bonchev–Trinajstić information content (AvgIpc) is 3.26. The van der Waals surface area contributed by atoms with Gasteiger partial charge in [0, 0.05) is 23.5 Å². The zero-order valence-corrected chi connectivity index (χ0v) is 17.6. The summed E-state index contributed by atoms with van der Waals surface area (Å²) in [5.41, 5.74) is 4.19. The van der Waals surface area contributed by atoms with Gasteiger partial charge in [0.05, 0.1) is 9.77 Å². The molecule has 1 fully saturated rings. The highest BCUT2D eigenvalue weighted by Crippen LogP contribution is 2.29. The van der Waals surface area contributed by atoms with Crippen LogP contribution in [0.5, 0.6) is 0 Å². The number of nitrogens with one attached hydrogen (secondary N) is 2. The van der Waals surface area contributed by atoms with E-state index in [4.69, 9.17) is 0 Å². The Morgan fingerprint density at radius 3 is 2.48 bits per heavy atom. The lowest BCUT2D eigenvalue weighted by atomic mass is 10.1. The molecule has 2 aliphatic rings. The minimum absolute atomic E-state index is 0.0233.